The predicted octanol–water partition coefficient (Wildman–Crippen LogP) is 3.10. The number of halogens is 4. The molecule has 98 valence electrons. The van der Waals surface area contributed by atoms with Crippen LogP contribution in [-0.2, 0) is 0 Å². The first kappa shape index (κ1) is 13.3. The van der Waals surface area contributed by atoms with Gasteiger partial charge in [0.2, 0.25) is 0 Å². The highest BCUT2D eigenvalue weighted by atomic mass is 35.5. The molecule has 2 aromatic rings. The SMILES string of the molecule is O=Cc1c(Cl)ncnc1Nc1cc(F)c(F)cc1F. The third-order valence-electron chi connectivity index (χ3n) is 2.22. The van der Waals surface area contributed by atoms with E-state index in [2.05, 4.69) is 15.3 Å². The van der Waals surface area contributed by atoms with Crippen molar-refractivity contribution in [2.45, 2.75) is 0 Å². The monoisotopic (exact) mass is 287 g/mol. The molecule has 0 saturated heterocycles. The fourth-order valence-electron chi connectivity index (χ4n) is 1.32. The zero-order valence-electron chi connectivity index (χ0n) is 9.12. The van der Waals surface area contributed by atoms with Crippen LogP contribution in [0.5, 0.6) is 0 Å². The summed E-state index contributed by atoms with van der Waals surface area (Å²) in [5.74, 6) is -3.71. The Hall–Kier alpha value is -2.15. The van der Waals surface area contributed by atoms with Crippen LogP contribution in [0.1, 0.15) is 10.4 Å². The molecule has 0 unspecified atom stereocenters. The Labute approximate surface area is 110 Å². The number of aromatic nitrogens is 2. The summed E-state index contributed by atoms with van der Waals surface area (Å²) in [4.78, 5) is 18.1. The van der Waals surface area contributed by atoms with Gasteiger partial charge in [0, 0.05) is 12.1 Å². The van der Waals surface area contributed by atoms with Gasteiger partial charge in [-0.2, -0.15) is 0 Å². The summed E-state index contributed by atoms with van der Waals surface area (Å²) in [5, 5.41) is 2.21. The summed E-state index contributed by atoms with van der Waals surface area (Å²) in [6.45, 7) is 0. The predicted molar refractivity (Wildman–Crippen MR) is 62.0 cm³/mol. The van der Waals surface area contributed by atoms with Crippen molar-refractivity contribution in [3.05, 3.63) is 46.6 Å². The Balaban J connectivity index is 2.45. The van der Waals surface area contributed by atoms with Gasteiger partial charge >= 0.3 is 0 Å². The van der Waals surface area contributed by atoms with Crippen molar-refractivity contribution in [3.8, 4) is 0 Å². The van der Waals surface area contributed by atoms with Crippen LogP contribution in [0.15, 0.2) is 18.5 Å². The lowest BCUT2D eigenvalue weighted by atomic mass is 10.2. The zero-order chi connectivity index (χ0) is 14.0. The van der Waals surface area contributed by atoms with Crippen molar-refractivity contribution in [2.75, 3.05) is 5.32 Å². The van der Waals surface area contributed by atoms with Crippen LogP contribution >= 0.6 is 11.6 Å². The Morgan fingerprint density at radius 3 is 2.47 bits per heavy atom. The number of benzene rings is 1. The van der Waals surface area contributed by atoms with Gasteiger partial charge in [-0.25, -0.2) is 23.1 Å². The summed E-state index contributed by atoms with van der Waals surface area (Å²) in [7, 11) is 0. The van der Waals surface area contributed by atoms with Gasteiger partial charge in [0.05, 0.1) is 11.3 Å². The fourth-order valence-corrected chi connectivity index (χ4v) is 1.50. The van der Waals surface area contributed by atoms with E-state index in [0.717, 1.165) is 6.33 Å². The second-order valence-corrected chi connectivity index (χ2v) is 3.77. The minimum Gasteiger partial charge on any atom is -0.337 e. The standard InChI is InChI=1S/C11H5ClF3N3O/c12-10-5(3-19)11(17-4-16-10)18-9-2-7(14)6(13)1-8(9)15/h1-4H,(H,16,17,18). The lowest BCUT2D eigenvalue weighted by molar-refractivity contribution is 0.112. The second kappa shape index (κ2) is 5.23. The molecular weight excluding hydrogens is 283 g/mol. The second-order valence-electron chi connectivity index (χ2n) is 3.42. The van der Waals surface area contributed by atoms with E-state index in [-0.39, 0.29) is 22.2 Å². The zero-order valence-corrected chi connectivity index (χ0v) is 9.88. The normalized spacial score (nSPS) is 10.3. The number of carbonyl (C=O) groups excluding carboxylic acids is 1. The van der Waals surface area contributed by atoms with E-state index in [0.29, 0.717) is 18.4 Å². The quantitative estimate of drug-likeness (QED) is 0.535. The highest BCUT2D eigenvalue weighted by molar-refractivity contribution is 6.32. The highest BCUT2D eigenvalue weighted by Crippen LogP contribution is 2.25. The van der Waals surface area contributed by atoms with E-state index in [1.165, 1.54) is 0 Å². The average Bonchev–Trinajstić information content (AvgIpc) is 2.36. The maximum atomic E-state index is 13.4. The molecule has 2 rings (SSSR count). The molecule has 1 aromatic heterocycles. The van der Waals surface area contributed by atoms with Crippen molar-refractivity contribution in [2.24, 2.45) is 0 Å². The molecule has 0 radical (unpaired) electrons. The van der Waals surface area contributed by atoms with E-state index in [4.69, 9.17) is 11.6 Å². The number of aldehydes is 1. The van der Waals surface area contributed by atoms with Gasteiger partial charge in [0.1, 0.15) is 23.1 Å². The summed E-state index contributed by atoms with van der Waals surface area (Å²) < 4.78 is 39.2. The minimum absolute atomic E-state index is 0.111. The molecule has 0 saturated carbocycles. The minimum atomic E-state index is -1.32. The molecule has 0 amide bonds. The van der Waals surface area contributed by atoms with E-state index in [9.17, 15) is 18.0 Å². The molecule has 0 aliphatic rings. The molecule has 1 N–H and O–H groups in total. The Morgan fingerprint density at radius 1 is 1.11 bits per heavy atom. The van der Waals surface area contributed by atoms with Crippen molar-refractivity contribution < 1.29 is 18.0 Å². The van der Waals surface area contributed by atoms with Crippen molar-refractivity contribution in [3.63, 3.8) is 0 Å². The highest BCUT2D eigenvalue weighted by Gasteiger charge is 2.14. The molecule has 0 aliphatic carbocycles. The molecule has 0 spiro atoms. The fraction of sp³-hybridized carbons (Fsp3) is 0. The van der Waals surface area contributed by atoms with Crippen LogP contribution in [0.4, 0.5) is 24.7 Å². The molecule has 8 heteroatoms. The van der Waals surface area contributed by atoms with Gasteiger partial charge < -0.3 is 5.32 Å². The van der Waals surface area contributed by atoms with Crippen LogP contribution in [0.25, 0.3) is 0 Å². The van der Waals surface area contributed by atoms with E-state index >= 15 is 0 Å². The summed E-state index contributed by atoms with van der Waals surface area (Å²) in [5.41, 5.74) is -0.495. The van der Waals surface area contributed by atoms with Gasteiger partial charge in [0.25, 0.3) is 0 Å². The topological polar surface area (TPSA) is 54.9 Å². The summed E-state index contributed by atoms with van der Waals surface area (Å²) in [6.07, 6.45) is 1.40. The molecule has 0 aliphatic heterocycles. The molecule has 0 fully saturated rings. The van der Waals surface area contributed by atoms with Crippen LogP contribution in [-0.4, -0.2) is 16.3 Å². The average molecular weight is 288 g/mol. The van der Waals surface area contributed by atoms with E-state index in [1.807, 2.05) is 0 Å². The number of nitrogens with zero attached hydrogens (tertiary/aromatic N) is 2. The Bertz CT molecular complexity index is 651. The largest absolute Gasteiger partial charge is 0.337 e. The number of hydrogen-bond donors (Lipinski definition) is 1. The van der Waals surface area contributed by atoms with Crippen LogP contribution in [0.2, 0.25) is 5.15 Å². The Kier molecular flexibility index (Phi) is 3.66. The molecule has 1 aromatic carbocycles. The molecule has 4 nitrogen and oxygen atoms in total. The van der Waals surface area contributed by atoms with Gasteiger partial charge in [-0.1, -0.05) is 11.6 Å². The van der Waals surface area contributed by atoms with Gasteiger partial charge in [-0.05, 0) is 0 Å². The number of rotatable bonds is 3. The number of anilines is 2. The first-order chi connectivity index (χ1) is 9.02. The lowest BCUT2D eigenvalue weighted by Gasteiger charge is -2.09. The van der Waals surface area contributed by atoms with E-state index in [1.54, 1.807) is 0 Å². The molecule has 0 bridgehead atoms. The lowest BCUT2D eigenvalue weighted by Crippen LogP contribution is -2.03. The number of nitrogens with one attached hydrogen (secondary N) is 1. The number of hydrogen-bond acceptors (Lipinski definition) is 4. The van der Waals surface area contributed by atoms with Gasteiger partial charge in [-0.15, -0.1) is 0 Å². The van der Waals surface area contributed by atoms with Gasteiger partial charge in [0.15, 0.2) is 17.9 Å². The maximum absolute atomic E-state index is 13.4. The third-order valence-corrected chi connectivity index (χ3v) is 2.52. The Morgan fingerprint density at radius 2 is 1.79 bits per heavy atom. The van der Waals surface area contributed by atoms with Crippen LogP contribution in [0, 0.1) is 17.5 Å². The van der Waals surface area contributed by atoms with E-state index < -0.39 is 17.5 Å². The molecule has 0 atom stereocenters. The maximum Gasteiger partial charge on any atom is 0.161 e. The summed E-state index contributed by atoms with van der Waals surface area (Å²) >= 11 is 5.64. The van der Waals surface area contributed by atoms with Crippen LogP contribution in [0.3, 0.4) is 0 Å². The van der Waals surface area contributed by atoms with Gasteiger partial charge in [-0.3, -0.25) is 4.79 Å². The number of carbonyl (C=O) groups is 1. The molecular formula is C11H5ClF3N3O. The first-order valence-corrected chi connectivity index (χ1v) is 5.28. The smallest absolute Gasteiger partial charge is 0.161 e. The van der Waals surface area contributed by atoms with Crippen molar-refractivity contribution in [1.82, 2.24) is 9.97 Å². The van der Waals surface area contributed by atoms with Crippen LogP contribution < -0.4 is 5.32 Å². The first-order valence-electron chi connectivity index (χ1n) is 4.90. The van der Waals surface area contributed by atoms with Crippen molar-refractivity contribution >= 4 is 29.4 Å². The third kappa shape index (κ3) is 2.65. The summed E-state index contributed by atoms with van der Waals surface area (Å²) in [6, 6.07) is 0.982. The van der Waals surface area contributed by atoms with Crippen molar-refractivity contribution in [1.29, 1.82) is 0 Å². The molecule has 1 heterocycles. The molecule has 19 heavy (non-hydrogen) atoms.